The molecule has 4 nitrogen and oxygen atoms in total. The Balaban J connectivity index is 1.76. The summed E-state index contributed by atoms with van der Waals surface area (Å²) in [5.74, 6) is -0.166. The first-order valence-corrected chi connectivity index (χ1v) is 7.84. The third kappa shape index (κ3) is 3.22. The van der Waals surface area contributed by atoms with Gasteiger partial charge < -0.3 is 4.90 Å². The van der Waals surface area contributed by atoms with E-state index in [9.17, 15) is 9.59 Å². The predicted molar refractivity (Wildman–Crippen MR) is 88.8 cm³/mol. The lowest BCUT2D eigenvalue weighted by Crippen LogP contribution is -2.33. The van der Waals surface area contributed by atoms with Gasteiger partial charge in [0.15, 0.2) is 0 Å². The second kappa shape index (κ2) is 6.42. The highest BCUT2D eigenvalue weighted by Crippen LogP contribution is 2.23. The molecular weight excluding hydrogens is 312 g/mol. The van der Waals surface area contributed by atoms with Crippen LogP contribution < -0.4 is 0 Å². The van der Waals surface area contributed by atoms with Crippen LogP contribution in [-0.2, 0) is 17.9 Å². The topological polar surface area (TPSA) is 40.6 Å². The summed E-state index contributed by atoms with van der Waals surface area (Å²) in [6, 6.07) is 16.1. The van der Waals surface area contributed by atoms with Gasteiger partial charge >= 0.3 is 6.03 Å². The lowest BCUT2D eigenvalue weighted by Gasteiger charge is -2.19. The van der Waals surface area contributed by atoms with Gasteiger partial charge in [-0.3, -0.25) is 9.69 Å². The van der Waals surface area contributed by atoms with E-state index >= 15 is 0 Å². The Kier molecular flexibility index (Phi) is 4.35. The third-order valence-electron chi connectivity index (χ3n) is 4.02. The molecular formula is C18H17ClN2O2. The number of hydrogen-bond acceptors (Lipinski definition) is 2. The first-order valence-electron chi connectivity index (χ1n) is 7.46. The number of amides is 3. The summed E-state index contributed by atoms with van der Waals surface area (Å²) in [6.45, 7) is 2.47. The Labute approximate surface area is 140 Å². The number of nitrogens with zero attached hydrogens (tertiary/aromatic N) is 2. The van der Waals surface area contributed by atoms with Crippen molar-refractivity contribution < 1.29 is 9.59 Å². The smallest absolute Gasteiger partial charge is 0.308 e. The molecule has 3 amide bonds. The Hall–Kier alpha value is -2.33. The van der Waals surface area contributed by atoms with E-state index in [0.29, 0.717) is 11.6 Å². The molecule has 1 saturated heterocycles. The molecule has 5 heteroatoms. The van der Waals surface area contributed by atoms with Crippen LogP contribution in [0.2, 0.25) is 5.02 Å². The molecule has 3 rings (SSSR count). The Bertz CT molecular complexity index is 716. The molecule has 1 aliphatic heterocycles. The molecule has 0 unspecified atom stereocenters. The van der Waals surface area contributed by atoms with Crippen LogP contribution in [0.1, 0.15) is 18.1 Å². The molecule has 1 heterocycles. The van der Waals surface area contributed by atoms with Gasteiger partial charge in [0.1, 0.15) is 6.04 Å². The van der Waals surface area contributed by atoms with Crippen LogP contribution in [-0.4, -0.2) is 27.8 Å². The first kappa shape index (κ1) is 15.6. The highest BCUT2D eigenvalue weighted by molar-refractivity contribution is 6.30. The van der Waals surface area contributed by atoms with Crippen LogP contribution >= 0.6 is 11.6 Å². The van der Waals surface area contributed by atoms with E-state index in [1.54, 1.807) is 24.0 Å². The van der Waals surface area contributed by atoms with Crippen LogP contribution in [0.15, 0.2) is 54.6 Å². The molecule has 0 aliphatic carbocycles. The zero-order valence-electron chi connectivity index (χ0n) is 12.8. The van der Waals surface area contributed by atoms with Gasteiger partial charge in [0.25, 0.3) is 5.91 Å². The number of benzene rings is 2. The zero-order valence-corrected chi connectivity index (χ0v) is 13.5. The van der Waals surface area contributed by atoms with Gasteiger partial charge in [0, 0.05) is 11.6 Å². The summed E-state index contributed by atoms with van der Waals surface area (Å²) >= 11 is 5.87. The monoisotopic (exact) mass is 328 g/mol. The summed E-state index contributed by atoms with van der Waals surface area (Å²) < 4.78 is 0. The average Bonchev–Trinajstić information content (AvgIpc) is 2.76. The van der Waals surface area contributed by atoms with Gasteiger partial charge in [-0.15, -0.1) is 0 Å². The Morgan fingerprint density at radius 1 is 0.913 bits per heavy atom. The average molecular weight is 329 g/mol. The van der Waals surface area contributed by atoms with Gasteiger partial charge in [-0.2, -0.15) is 0 Å². The summed E-state index contributed by atoms with van der Waals surface area (Å²) in [7, 11) is 0. The number of carbonyl (C=O) groups excluding carboxylic acids is 2. The van der Waals surface area contributed by atoms with Crippen molar-refractivity contribution in [1.82, 2.24) is 9.80 Å². The molecule has 0 radical (unpaired) electrons. The number of rotatable bonds is 4. The van der Waals surface area contributed by atoms with Crippen molar-refractivity contribution in [3.63, 3.8) is 0 Å². The fourth-order valence-corrected chi connectivity index (χ4v) is 2.80. The highest BCUT2D eigenvalue weighted by atomic mass is 35.5. The van der Waals surface area contributed by atoms with Gasteiger partial charge in [0.2, 0.25) is 0 Å². The van der Waals surface area contributed by atoms with Crippen LogP contribution in [0.3, 0.4) is 0 Å². The zero-order chi connectivity index (χ0) is 16.4. The molecule has 1 aliphatic rings. The number of urea groups is 1. The van der Waals surface area contributed by atoms with E-state index in [0.717, 1.165) is 11.1 Å². The maximum atomic E-state index is 12.6. The molecule has 0 spiro atoms. The van der Waals surface area contributed by atoms with Gasteiger partial charge in [-0.1, -0.05) is 54.1 Å². The second-order valence-electron chi connectivity index (χ2n) is 5.62. The van der Waals surface area contributed by atoms with E-state index in [4.69, 9.17) is 11.6 Å². The normalized spacial score (nSPS) is 17.9. The van der Waals surface area contributed by atoms with Gasteiger partial charge in [-0.25, -0.2) is 4.79 Å². The molecule has 23 heavy (non-hydrogen) atoms. The highest BCUT2D eigenvalue weighted by Gasteiger charge is 2.42. The molecule has 0 bridgehead atoms. The van der Waals surface area contributed by atoms with E-state index in [1.807, 2.05) is 42.5 Å². The van der Waals surface area contributed by atoms with Crippen molar-refractivity contribution in [2.24, 2.45) is 0 Å². The van der Waals surface area contributed by atoms with Crippen LogP contribution in [0, 0.1) is 0 Å². The van der Waals surface area contributed by atoms with E-state index in [-0.39, 0.29) is 18.5 Å². The molecule has 0 aromatic heterocycles. The van der Waals surface area contributed by atoms with Gasteiger partial charge in [-0.05, 0) is 30.2 Å². The summed E-state index contributed by atoms with van der Waals surface area (Å²) in [5, 5.41) is 0.631. The maximum Gasteiger partial charge on any atom is 0.328 e. The van der Waals surface area contributed by atoms with Gasteiger partial charge in [0.05, 0.1) is 6.54 Å². The largest absolute Gasteiger partial charge is 0.328 e. The standard InChI is InChI=1S/C18H17ClN2O2/c1-13-17(22)21(12-15-7-9-16(19)10-8-15)18(23)20(13)11-14-5-3-2-4-6-14/h2-10,13H,11-12H2,1H3/t13-/m0/s1. The fraction of sp³-hybridized carbons (Fsp3) is 0.222. The molecule has 118 valence electrons. The van der Waals surface area contributed by atoms with E-state index < -0.39 is 6.04 Å². The minimum Gasteiger partial charge on any atom is -0.308 e. The quantitative estimate of drug-likeness (QED) is 0.803. The SMILES string of the molecule is C[C@H]1C(=O)N(Cc2ccc(Cl)cc2)C(=O)N1Cc1ccccc1. The number of halogens is 1. The second-order valence-corrected chi connectivity index (χ2v) is 6.06. The summed E-state index contributed by atoms with van der Waals surface area (Å²) in [4.78, 5) is 27.9. The van der Waals surface area contributed by atoms with Crippen molar-refractivity contribution in [3.05, 3.63) is 70.7 Å². The first-order chi connectivity index (χ1) is 11.1. The molecule has 2 aromatic carbocycles. The molecule has 1 fully saturated rings. The van der Waals surface area contributed by atoms with Crippen molar-refractivity contribution in [2.45, 2.75) is 26.1 Å². The predicted octanol–water partition coefficient (Wildman–Crippen LogP) is 3.69. The van der Waals surface area contributed by atoms with Crippen molar-refractivity contribution in [1.29, 1.82) is 0 Å². The van der Waals surface area contributed by atoms with E-state index in [2.05, 4.69) is 0 Å². The maximum absolute atomic E-state index is 12.6. The minimum absolute atomic E-state index is 0.166. The Morgan fingerprint density at radius 2 is 1.52 bits per heavy atom. The lowest BCUT2D eigenvalue weighted by molar-refractivity contribution is -0.128. The number of hydrogen-bond donors (Lipinski definition) is 0. The van der Waals surface area contributed by atoms with Crippen molar-refractivity contribution in [3.8, 4) is 0 Å². The number of carbonyl (C=O) groups is 2. The fourth-order valence-electron chi connectivity index (χ4n) is 2.68. The van der Waals surface area contributed by atoms with Crippen LogP contribution in [0.4, 0.5) is 4.79 Å². The molecule has 0 saturated carbocycles. The van der Waals surface area contributed by atoms with Crippen LogP contribution in [0.5, 0.6) is 0 Å². The van der Waals surface area contributed by atoms with Crippen molar-refractivity contribution in [2.75, 3.05) is 0 Å². The summed E-state index contributed by atoms with van der Waals surface area (Å²) in [5.41, 5.74) is 1.89. The summed E-state index contributed by atoms with van der Waals surface area (Å²) in [6.07, 6.45) is 0. The third-order valence-corrected chi connectivity index (χ3v) is 4.27. The molecule has 2 aromatic rings. The Morgan fingerprint density at radius 3 is 2.17 bits per heavy atom. The van der Waals surface area contributed by atoms with E-state index in [1.165, 1.54) is 4.90 Å². The molecule has 0 N–H and O–H groups in total. The lowest BCUT2D eigenvalue weighted by atomic mass is 10.2. The minimum atomic E-state index is -0.449. The van der Waals surface area contributed by atoms with Crippen LogP contribution in [0.25, 0.3) is 0 Å². The molecule has 1 atom stereocenters. The van der Waals surface area contributed by atoms with Crippen molar-refractivity contribution >= 4 is 23.5 Å². The number of imide groups is 1.